The van der Waals surface area contributed by atoms with Gasteiger partial charge in [0.2, 0.25) is 0 Å². The number of carbonyl (C=O) groups is 1. The van der Waals surface area contributed by atoms with Gasteiger partial charge in [0.15, 0.2) is 0 Å². The monoisotopic (exact) mass is 214 g/mol. The summed E-state index contributed by atoms with van der Waals surface area (Å²) in [6.07, 6.45) is 3.42. The molecule has 0 spiro atoms. The summed E-state index contributed by atoms with van der Waals surface area (Å²) in [6.45, 7) is 4.76. The average molecular weight is 214 g/mol. The molecular formula is C11H22N2O2. The van der Waals surface area contributed by atoms with Crippen molar-refractivity contribution in [3.8, 4) is 0 Å². The Morgan fingerprint density at radius 1 is 1.53 bits per heavy atom. The van der Waals surface area contributed by atoms with Gasteiger partial charge < -0.3 is 15.4 Å². The zero-order chi connectivity index (χ0) is 11.5. The standard InChI is InChI=1S/C11H22N2O2/c1-11(2,15-3)10(14)13(8-7-12)9-5-4-6-9/h9H,4-8,12H2,1-3H3. The second kappa shape index (κ2) is 4.94. The van der Waals surface area contributed by atoms with Crippen molar-refractivity contribution in [2.75, 3.05) is 20.2 Å². The number of nitrogens with zero attached hydrogens (tertiary/aromatic N) is 1. The summed E-state index contributed by atoms with van der Waals surface area (Å²) < 4.78 is 5.21. The van der Waals surface area contributed by atoms with E-state index in [4.69, 9.17) is 10.5 Å². The molecule has 0 aromatic carbocycles. The van der Waals surface area contributed by atoms with Gasteiger partial charge in [-0.15, -0.1) is 0 Å². The average Bonchev–Trinajstić information content (AvgIpc) is 2.13. The van der Waals surface area contributed by atoms with E-state index in [-0.39, 0.29) is 5.91 Å². The number of hydrogen-bond donors (Lipinski definition) is 1. The van der Waals surface area contributed by atoms with Crippen molar-refractivity contribution in [2.45, 2.75) is 44.8 Å². The lowest BCUT2D eigenvalue weighted by Gasteiger charge is -2.40. The molecule has 1 rings (SSSR count). The van der Waals surface area contributed by atoms with E-state index in [9.17, 15) is 4.79 Å². The molecule has 0 aliphatic heterocycles. The largest absolute Gasteiger partial charge is 0.369 e. The van der Waals surface area contributed by atoms with Gasteiger partial charge in [0.05, 0.1) is 0 Å². The molecule has 15 heavy (non-hydrogen) atoms. The molecule has 0 aromatic rings. The maximum atomic E-state index is 12.2. The second-order valence-corrected chi connectivity index (χ2v) is 4.59. The van der Waals surface area contributed by atoms with E-state index in [1.807, 2.05) is 4.90 Å². The Balaban J connectivity index is 2.66. The Morgan fingerprint density at radius 2 is 2.13 bits per heavy atom. The van der Waals surface area contributed by atoms with Crippen LogP contribution in [0.25, 0.3) is 0 Å². The normalized spacial score (nSPS) is 17.3. The number of nitrogens with two attached hydrogens (primary N) is 1. The Hall–Kier alpha value is -0.610. The first-order valence-electron chi connectivity index (χ1n) is 5.59. The van der Waals surface area contributed by atoms with E-state index < -0.39 is 5.60 Å². The Labute approximate surface area is 91.8 Å². The van der Waals surface area contributed by atoms with Crippen LogP contribution in [0.1, 0.15) is 33.1 Å². The van der Waals surface area contributed by atoms with Crippen LogP contribution in [-0.2, 0) is 9.53 Å². The molecule has 1 aliphatic rings. The molecule has 0 radical (unpaired) electrons. The van der Waals surface area contributed by atoms with Crippen LogP contribution in [0.5, 0.6) is 0 Å². The number of rotatable bonds is 5. The second-order valence-electron chi connectivity index (χ2n) is 4.59. The molecule has 1 aliphatic carbocycles. The quantitative estimate of drug-likeness (QED) is 0.735. The van der Waals surface area contributed by atoms with Crippen LogP contribution in [0.4, 0.5) is 0 Å². The first-order chi connectivity index (χ1) is 7.03. The Bertz CT molecular complexity index is 225. The molecule has 1 saturated carbocycles. The van der Waals surface area contributed by atoms with E-state index in [0.717, 1.165) is 12.8 Å². The predicted molar refractivity (Wildman–Crippen MR) is 59.5 cm³/mol. The number of methoxy groups -OCH3 is 1. The van der Waals surface area contributed by atoms with Crippen LogP contribution in [-0.4, -0.2) is 42.6 Å². The van der Waals surface area contributed by atoms with Crippen molar-refractivity contribution in [2.24, 2.45) is 5.73 Å². The van der Waals surface area contributed by atoms with E-state index in [1.54, 1.807) is 21.0 Å². The molecule has 0 bridgehead atoms. The summed E-state index contributed by atoms with van der Waals surface area (Å²) in [5, 5.41) is 0. The number of carbonyl (C=O) groups excluding carboxylic acids is 1. The van der Waals surface area contributed by atoms with Crippen molar-refractivity contribution in [3.05, 3.63) is 0 Å². The highest BCUT2D eigenvalue weighted by Gasteiger charge is 2.36. The van der Waals surface area contributed by atoms with Crippen molar-refractivity contribution < 1.29 is 9.53 Å². The molecule has 88 valence electrons. The molecule has 1 amide bonds. The van der Waals surface area contributed by atoms with Gasteiger partial charge in [-0.3, -0.25) is 4.79 Å². The zero-order valence-electron chi connectivity index (χ0n) is 9.95. The maximum absolute atomic E-state index is 12.2. The van der Waals surface area contributed by atoms with Gasteiger partial charge >= 0.3 is 0 Å². The minimum absolute atomic E-state index is 0.0557. The minimum Gasteiger partial charge on any atom is -0.369 e. The van der Waals surface area contributed by atoms with E-state index in [2.05, 4.69) is 0 Å². The van der Waals surface area contributed by atoms with Gasteiger partial charge in [0.1, 0.15) is 5.60 Å². The topological polar surface area (TPSA) is 55.6 Å². The van der Waals surface area contributed by atoms with Crippen molar-refractivity contribution in [3.63, 3.8) is 0 Å². The lowest BCUT2D eigenvalue weighted by atomic mass is 9.90. The zero-order valence-corrected chi connectivity index (χ0v) is 9.95. The van der Waals surface area contributed by atoms with Crippen LogP contribution < -0.4 is 5.73 Å². The van der Waals surface area contributed by atoms with Gasteiger partial charge in [-0.05, 0) is 33.1 Å². The third-order valence-corrected chi connectivity index (χ3v) is 3.17. The molecule has 0 heterocycles. The summed E-state index contributed by atoms with van der Waals surface area (Å²) in [7, 11) is 1.57. The summed E-state index contributed by atoms with van der Waals surface area (Å²) in [6, 6.07) is 0.385. The summed E-state index contributed by atoms with van der Waals surface area (Å²) in [4.78, 5) is 14.0. The van der Waals surface area contributed by atoms with Gasteiger partial charge in [0, 0.05) is 26.2 Å². The van der Waals surface area contributed by atoms with Crippen LogP contribution >= 0.6 is 0 Å². The van der Waals surface area contributed by atoms with Gasteiger partial charge in [-0.25, -0.2) is 0 Å². The molecule has 0 unspecified atom stereocenters. The molecule has 0 atom stereocenters. The van der Waals surface area contributed by atoms with E-state index >= 15 is 0 Å². The minimum atomic E-state index is -0.731. The Morgan fingerprint density at radius 3 is 2.47 bits per heavy atom. The van der Waals surface area contributed by atoms with E-state index in [1.165, 1.54) is 6.42 Å². The van der Waals surface area contributed by atoms with Gasteiger partial charge in [0.25, 0.3) is 5.91 Å². The third-order valence-electron chi connectivity index (χ3n) is 3.17. The first-order valence-corrected chi connectivity index (χ1v) is 5.59. The molecule has 4 heteroatoms. The summed E-state index contributed by atoms with van der Waals surface area (Å²) in [5.41, 5.74) is 4.80. The smallest absolute Gasteiger partial charge is 0.254 e. The van der Waals surface area contributed by atoms with Crippen molar-refractivity contribution in [1.82, 2.24) is 4.90 Å². The Kier molecular flexibility index (Phi) is 4.11. The van der Waals surface area contributed by atoms with Crippen molar-refractivity contribution in [1.29, 1.82) is 0 Å². The highest BCUT2D eigenvalue weighted by atomic mass is 16.5. The fraction of sp³-hybridized carbons (Fsp3) is 0.909. The molecule has 2 N–H and O–H groups in total. The summed E-state index contributed by atoms with van der Waals surface area (Å²) in [5.74, 6) is 0.0557. The van der Waals surface area contributed by atoms with Crippen molar-refractivity contribution >= 4 is 5.91 Å². The highest BCUT2D eigenvalue weighted by molar-refractivity contribution is 5.84. The van der Waals surface area contributed by atoms with Crippen LogP contribution in [0.2, 0.25) is 0 Å². The lowest BCUT2D eigenvalue weighted by molar-refractivity contribution is -0.155. The number of ether oxygens (including phenoxy) is 1. The first kappa shape index (κ1) is 12.5. The number of amides is 1. The maximum Gasteiger partial charge on any atom is 0.254 e. The van der Waals surface area contributed by atoms with Crippen LogP contribution in [0.3, 0.4) is 0 Å². The molecule has 1 fully saturated rings. The predicted octanol–water partition coefficient (Wildman–Crippen LogP) is 0.751. The number of hydrogen-bond acceptors (Lipinski definition) is 3. The lowest BCUT2D eigenvalue weighted by Crippen LogP contribution is -2.54. The van der Waals surface area contributed by atoms with Crippen LogP contribution in [0, 0.1) is 0 Å². The summed E-state index contributed by atoms with van der Waals surface area (Å²) >= 11 is 0. The molecular weight excluding hydrogens is 192 g/mol. The third kappa shape index (κ3) is 2.69. The van der Waals surface area contributed by atoms with Crippen LogP contribution in [0.15, 0.2) is 0 Å². The molecule has 0 saturated heterocycles. The van der Waals surface area contributed by atoms with Gasteiger partial charge in [-0.2, -0.15) is 0 Å². The fourth-order valence-electron chi connectivity index (χ4n) is 1.72. The fourth-order valence-corrected chi connectivity index (χ4v) is 1.72. The van der Waals surface area contributed by atoms with Gasteiger partial charge in [-0.1, -0.05) is 0 Å². The van der Waals surface area contributed by atoms with E-state index in [0.29, 0.717) is 19.1 Å². The molecule has 0 aromatic heterocycles. The SMILES string of the molecule is COC(C)(C)C(=O)N(CCN)C1CCC1. The highest BCUT2D eigenvalue weighted by Crippen LogP contribution is 2.27. The molecule has 4 nitrogen and oxygen atoms in total.